The average Bonchev–Trinajstić information content (AvgIpc) is 2.73. The number of ether oxygens (including phenoxy) is 3. The normalized spacial score (nSPS) is 18.5. The first-order chi connectivity index (χ1) is 16.8. The van der Waals surface area contributed by atoms with Crippen molar-refractivity contribution in [1.82, 2.24) is 0 Å². The fourth-order valence-corrected chi connectivity index (χ4v) is 4.45. The number of esters is 3. The van der Waals surface area contributed by atoms with Crippen molar-refractivity contribution in [2.24, 2.45) is 17.8 Å². The van der Waals surface area contributed by atoms with Gasteiger partial charge in [0, 0.05) is 0 Å². The smallest absolute Gasteiger partial charge is 0.339 e. The fraction of sp³-hybridized carbons (Fsp3) is 0.900. The van der Waals surface area contributed by atoms with E-state index in [1.807, 2.05) is 83.1 Å². The topological polar surface area (TPSA) is 99.1 Å². The Morgan fingerprint density at radius 3 is 1.11 bits per heavy atom. The Morgan fingerprint density at radius 2 is 0.865 bits per heavy atom. The second-order valence-corrected chi connectivity index (χ2v) is 12.4. The predicted molar refractivity (Wildman–Crippen MR) is 147 cm³/mol. The summed E-state index contributed by atoms with van der Waals surface area (Å²) >= 11 is 0. The quantitative estimate of drug-likeness (QED) is 0.164. The molecule has 0 aliphatic carbocycles. The molecule has 0 amide bonds. The van der Waals surface area contributed by atoms with Gasteiger partial charge in [-0.1, -0.05) is 81.6 Å². The Kier molecular flexibility index (Phi) is 13.9. The van der Waals surface area contributed by atoms with Crippen LogP contribution in [-0.4, -0.2) is 45.4 Å². The van der Waals surface area contributed by atoms with Crippen molar-refractivity contribution in [3.05, 3.63) is 0 Å². The molecule has 0 radical (unpaired) electrons. The lowest BCUT2D eigenvalue weighted by atomic mass is 9.86. The van der Waals surface area contributed by atoms with Crippen LogP contribution in [0.15, 0.2) is 0 Å². The van der Waals surface area contributed by atoms with E-state index in [1.165, 1.54) is 0 Å². The number of hydrogen-bond acceptors (Lipinski definition) is 7. The van der Waals surface area contributed by atoms with Crippen LogP contribution in [0.1, 0.15) is 134 Å². The van der Waals surface area contributed by atoms with E-state index in [1.54, 1.807) is 0 Å². The van der Waals surface area contributed by atoms with Gasteiger partial charge in [-0.3, -0.25) is 9.59 Å². The highest BCUT2D eigenvalue weighted by atomic mass is 16.6. The molecule has 0 aromatic heterocycles. The number of rotatable bonds is 17. The average molecular weight is 529 g/mol. The summed E-state index contributed by atoms with van der Waals surface area (Å²) in [6.45, 7) is 23.2. The Hall–Kier alpha value is -1.63. The largest absolute Gasteiger partial charge is 0.459 e. The molecule has 0 fully saturated rings. The molecule has 3 atom stereocenters. The van der Waals surface area contributed by atoms with Crippen molar-refractivity contribution in [3.8, 4) is 0 Å². The van der Waals surface area contributed by atoms with Gasteiger partial charge in [0.1, 0.15) is 16.8 Å². The molecule has 0 aliphatic heterocycles. The van der Waals surface area contributed by atoms with Gasteiger partial charge in [0.25, 0.3) is 0 Å². The van der Waals surface area contributed by atoms with Gasteiger partial charge >= 0.3 is 17.9 Å². The van der Waals surface area contributed by atoms with Crippen LogP contribution in [0, 0.1) is 17.8 Å². The van der Waals surface area contributed by atoms with Crippen LogP contribution in [0.3, 0.4) is 0 Å². The summed E-state index contributed by atoms with van der Waals surface area (Å²) in [5.74, 6) is -2.50. The molecule has 0 aliphatic rings. The molecule has 1 N–H and O–H groups in total. The minimum absolute atomic E-state index is 0.0241. The molecule has 0 bridgehead atoms. The second-order valence-electron chi connectivity index (χ2n) is 12.4. The zero-order valence-electron chi connectivity index (χ0n) is 25.8. The molecular formula is C30H56O7. The molecule has 0 spiro atoms. The minimum Gasteiger partial charge on any atom is -0.459 e. The van der Waals surface area contributed by atoms with Crippen molar-refractivity contribution in [2.45, 2.75) is 157 Å². The van der Waals surface area contributed by atoms with E-state index in [9.17, 15) is 19.5 Å². The summed E-state index contributed by atoms with van der Waals surface area (Å²) < 4.78 is 17.5. The van der Waals surface area contributed by atoms with Crippen LogP contribution in [0.5, 0.6) is 0 Å². The van der Waals surface area contributed by atoms with E-state index >= 15 is 0 Å². The highest BCUT2D eigenvalue weighted by Gasteiger charge is 2.48. The van der Waals surface area contributed by atoms with Crippen LogP contribution in [0.25, 0.3) is 0 Å². The number of carbonyl (C=O) groups excluding carboxylic acids is 3. The van der Waals surface area contributed by atoms with Gasteiger partial charge in [0.15, 0.2) is 5.60 Å². The molecule has 3 unspecified atom stereocenters. The lowest BCUT2D eigenvalue weighted by Crippen LogP contribution is -2.51. The van der Waals surface area contributed by atoms with Crippen molar-refractivity contribution in [1.29, 1.82) is 0 Å². The maximum absolute atomic E-state index is 13.5. The highest BCUT2D eigenvalue weighted by Crippen LogP contribution is 2.34. The third-order valence-corrected chi connectivity index (χ3v) is 8.18. The maximum Gasteiger partial charge on any atom is 0.339 e. The van der Waals surface area contributed by atoms with Gasteiger partial charge in [-0.05, 0) is 57.8 Å². The zero-order valence-corrected chi connectivity index (χ0v) is 25.8. The summed E-state index contributed by atoms with van der Waals surface area (Å²) in [5.41, 5.74) is -4.80. The molecule has 0 aromatic carbocycles. The predicted octanol–water partition coefficient (Wildman–Crippen LogP) is 6.77. The minimum atomic E-state index is -2.41. The summed E-state index contributed by atoms with van der Waals surface area (Å²) in [5, 5.41) is 11.6. The Bertz CT molecular complexity index is 704. The van der Waals surface area contributed by atoms with Crippen LogP contribution in [0.2, 0.25) is 0 Å². The van der Waals surface area contributed by atoms with E-state index in [-0.39, 0.29) is 17.8 Å². The van der Waals surface area contributed by atoms with Gasteiger partial charge in [0.2, 0.25) is 0 Å². The maximum atomic E-state index is 13.5. The zero-order chi connectivity index (χ0) is 29.2. The number of carbonyl (C=O) groups is 3. The Balaban J connectivity index is 6.17. The van der Waals surface area contributed by atoms with Crippen molar-refractivity contribution >= 4 is 17.9 Å². The second kappa shape index (κ2) is 14.5. The summed E-state index contributed by atoms with van der Waals surface area (Å²) in [6.07, 6.45) is 2.81. The first-order valence-electron chi connectivity index (χ1n) is 14.2. The van der Waals surface area contributed by atoms with Gasteiger partial charge < -0.3 is 19.3 Å². The summed E-state index contributed by atoms with van der Waals surface area (Å²) in [7, 11) is 0. The molecule has 0 heterocycles. The monoisotopic (exact) mass is 528 g/mol. The molecule has 0 rings (SSSR count). The van der Waals surface area contributed by atoms with Gasteiger partial charge in [-0.2, -0.15) is 0 Å². The van der Waals surface area contributed by atoms with E-state index in [4.69, 9.17) is 14.2 Å². The van der Waals surface area contributed by atoms with E-state index in [0.29, 0.717) is 19.3 Å². The van der Waals surface area contributed by atoms with E-state index in [2.05, 4.69) is 0 Å². The lowest BCUT2D eigenvalue weighted by Gasteiger charge is -2.38. The number of hydrogen-bond donors (Lipinski definition) is 1. The fourth-order valence-electron chi connectivity index (χ4n) is 4.45. The molecule has 37 heavy (non-hydrogen) atoms. The van der Waals surface area contributed by atoms with Crippen molar-refractivity contribution in [3.63, 3.8) is 0 Å². The molecule has 218 valence electrons. The third kappa shape index (κ3) is 10.2. The first-order valence-corrected chi connectivity index (χ1v) is 14.2. The van der Waals surface area contributed by atoms with Crippen molar-refractivity contribution < 1.29 is 33.7 Å². The van der Waals surface area contributed by atoms with E-state index < -0.39 is 53.2 Å². The van der Waals surface area contributed by atoms with Crippen molar-refractivity contribution in [2.75, 3.05) is 0 Å². The van der Waals surface area contributed by atoms with Crippen LogP contribution >= 0.6 is 0 Å². The molecule has 7 nitrogen and oxygen atoms in total. The molecule has 0 aromatic rings. The molecular weight excluding hydrogens is 472 g/mol. The third-order valence-electron chi connectivity index (χ3n) is 8.18. The van der Waals surface area contributed by atoms with Gasteiger partial charge in [0.05, 0.1) is 12.8 Å². The first kappa shape index (κ1) is 35.4. The highest BCUT2D eigenvalue weighted by molar-refractivity contribution is 5.90. The lowest BCUT2D eigenvalue weighted by molar-refractivity contribution is -0.198. The van der Waals surface area contributed by atoms with Crippen LogP contribution < -0.4 is 0 Å². The Morgan fingerprint density at radius 1 is 0.595 bits per heavy atom. The van der Waals surface area contributed by atoms with Gasteiger partial charge in [-0.15, -0.1) is 0 Å². The molecule has 0 saturated heterocycles. The van der Waals surface area contributed by atoms with E-state index in [0.717, 1.165) is 19.3 Å². The Labute approximate surface area is 226 Å². The van der Waals surface area contributed by atoms with Gasteiger partial charge in [-0.25, -0.2) is 4.79 Å². The summed E-state index contributed by atoms with van der Waals surface area (Å²) in [4.78, 5) is 39.7. The number of aliphatic hydroxyl groups is 1. The SMILES string of the molecule is CCCC(C)(OC(=O)CC(O)(CC(=O)OC(C)(CCC)C(C)C)C(=O)OC(C)(CCC)C(C)C)C(C)C. The molecule has 0 saturated carbocycles. The van der Waals surface area contributed by atoms with Crippen LogP contribution in [0.4, 0.5) is 0 Å². The summed E-state index contributed by atoms with van der Waals surface area (Å²) in [6, 6.07) is 0. The molecule has 7 heteroatoms. The van der Waals surface area contributed by atoms with Crippen LogP contribution in [-0.2, 0) is 28.6 Å². The standard InChI is InChI=1S/C30H56O7/c1-13-16-27(10,21(4)5)35-24(31)19-30(34,26(33)37-29(12,18-15-3)23(8)9)20-25(32)36-28(11,17-14-2)22(6)7/h21-23,34H,13-20H2,1-12H3.